The van der Waals surface area contributed by atoms with Crippen LogP contribution >= 0.6 is 23.4 Å². The second-order valence-corrected chi connectivity index (χ2v) is 4.17. The van der Waals surface area contributed by atoms with E-state index in [2.05, 4.69) is 11.9 Å². The lowest BCUT2D eigenvalue weighted by Gasteiger charge is -2.08. The van der Waals surface area contributed by atoms with Crippen molar-refractivity contribution in [3.8, 4) is 0 Å². The number of carbonyl (C=O) groups is 1. The van der Waals surface area contributed by atoms with Gasteiger partial charge >= 0.3 is 0 Å². The third-order valence-corrected chi connectivity index (χ3v) is 2.89. The highest BCUT2D eigenvalue weighted by molar-refractivity contribution is 7.99. The van der Waals surface area contributed by atoms with Crippen LogP contribution in [0.25, 0.3) is 0 Å². The molecule has 0 rings (SSSR count). The molecule has 1 unspecified atom stereocenters. The lowest BCUT2D eigenvalue weighted by atomic mass is 10.2. The molecule has 76 valence electrons. The van der Waals surface area contributed by atoms with Crippen LogP contribution in [0.5, 0.6) is 0 Å². The van der Waals surface area contributed by atoms with Gasteiger partial charge in [-0.25, -0.2) is 0 Å². The molecule has 0 heterocycles. The van der Waals surface area contributed by atoms with Crippen LogP contribution in [-0.2, 0) is 4.79 Å². The Bertz CT molecular complexity index is 164. The highest BCUT2D eigenvalue weighted by Gasteiger charge is 2.09. The van der Waals surface area contributed by atoms with Crippen molar-refractivity contribution in [3.05, 3.63) is 12.7 Å². The molecule has 0 aromatic carbocycles. The van der Waals surface area contributed by atoms with Crippen LogP contribution in [0.15, 0.2) is 12.7 Å². The van der Waals surface area contributed by atoms with E-state index in [0.29, 0.717) is 12.4 Å². The zero-order chi connectivity index (χ0) is 10.1. The van der Waals surface area contributed by atoms with Crippen LogP contribution in [0.2, 0.25) is 0 Å². The van der Waals surface area contributed by atoms with E-state index in [1.807, 2.05) is 13.0 Å². The van der Waals surface area contributed by atoms with E-state index in [4.69, 9.17) is 11.6 Å². The fraction of sp³-hybridized carbons (Fsp3) is 0.667. The molecule has 1 atom stereocenters. The Morgan fingerprint density at radius 2 is 2.46 bits per heavy atom. The number of amides is 1. The minimum atomic E-state index is -0.0916. The molecule has 1 amide bonds. The predicted octanol–water partition coefficient (Wildman–Crippen LogP) is 1.90. The van der Waals surface area contributed by atoms with Crippen molar-refractivity contribution in [2.45, 2.75) is 6.92 Å². The summed E-state index contributed by atoms with van der Waals surface area (Å²) in [5, 5.41) is 2.81. The van der Waals surface area contributed by atoms with Crippen molar-refractivity contribution in [2.75, 3.05) is 23.9 Å². The van der Waals surface area contributed by atoms with Gasteiger partial charge in [-0.1, -0.05) is 13.0 Å². The van der Waals surface area contributed by atoms with Crippen LogP contribution in [0.1, 0.15) is 6.92 Å². The largest absolute Gasteiger partial charge is 0.355 e. The van der Waals surface area contributed by atoms with Gasteiger partial charge < -0.3 is 5.32 Å². The first kappa shape index (κ1) is 12.8. The number of nitrogens with one attached hydrogen (secondary N) is 1. The van der Waals surface area contributed by atoms with Gasteiger partial charge in [-0.2, -0.15) is 11.8 Å². The molecule has 0 aliphatic rings. The van der Waals surface area contributed by atoms with E-state index in [1.165, 1.54) is 0 Å². The van der Waals surface area contributed by atoms with Crippen LogP contribution in [0.3, 0.4) is 0 Å². The van der Waals surface area contributed by atoms with E-state index >= 15 is 0 Å². The fourth-order valence-corrected chi connectivity index (χ4v) is 1.38. The van der Waals surface area contributed by atoms with E-state index in [1.54, 1.807) is 11.8 Å². The smallest absolute Gasteiger partial charge is 0.224 e. The summed E-state index contributed by atoms with van der Waals surface area (Å²) in [6, 6.07) is 0. The molecule has 0 aliphatic carbocycles. The number of hydrogen-bond donors (Lipinski definition) is 1. The Balaban J connectivity index is 3.31. The second-order valence-electron chi connectivity index (χ2n) is 2.71. The molecule has 0 radical (unpaired) electrons. The number of thioether (sulfide) groups is 1. The Hall–Kier alpha value is -0.150. The minimum absolute atomic E-state index is 0.0363. The molecule has 0 aliphatic heterocycles. The third kappa shape index (κ3) is 6.96. The van der Waals surface area contributed by atoms with Gasteiger partial charge in [0.15, 0.2) is 0 Å². The summed E-state index contributed by atoms with van der Waals surface area (Å²) in [6.07, 6.45) is 1.86. The lowest BCUT2D eigenvalue weighted by Crippen LogP contribution is -2.31. The molecule has 0 saturated carbocycles. The van der Waals surface area contributed by atoms with Crippen molar-refractivity contribution in [3.63, 3.8) is 0 Å². The van der Waals surface area contributed by atoms with Crippen LogP contribution < -0.4 is 5.32 Å². The molecule has 13 heavy (non-hydrogen) atoms. The normalized spacial score (nSPS) is 12.2. The molecule has 0 spiro atoms. The topological polar surface area (TPSA) is 29.1 Å². The molecule has 1 N–H and O–H groups in total. The van der Waals surface area contributed by atoms with Gasteiger partial charge in [-0.15, -0.1) is 18.2 Å². The number of carbonyl (C=O) groups excluding carboxylic acids is 1. The number of rotatable bonds is 7. The molecule has 0 aromatic heterocycles. The summed E-state index contributed by atoms with van der Waals surface area (Å²) in [7, 11) is 0. The highest BCUT2D eigenvalue weighted by Crippen LogP contribution is 1.99. The first-order valence-electron chi connectivity index (χ1n) is 4.24. The van der Waals surface area contributed by atoms with Crippen LogP contribution in [0.4, 0.5) is 0 Å². The zero-order valence-electron chi connectivity index (χ0n) is 7.88. The Kier molecular flexibility index (Phi) is 8.35. The van der Waals surface area contributed by atoms with Gasteiger partial charge in [0.05, 0.1) is 0 Å². The Morgan fingerprint density at radius 1 is 1.77 bits per heavy atom. The van der Waals surface area contributed by atoms with Crippen LogP contribution in [-0.4, -0.2) is 29.8 Å². The van der Waals surface area contributed by atoms with Crippen molar-refractivity contribution in [1.29, 1.82) is 0 Å². The van der Waals surface area contributed by atoms with E-state index < -0.39 is 0 Å². The van der Waals surface area contributed by atoms with E-state index in [-0.39, 0.29) is 11.8 Å². The number of alkyl halides is 1. The molecule has 2 nitrogen and oxygen atoms in total. The molecule has 0 bridgehead atoms. The average Bonchev–Trinajstić information content (AvgIpc) is 2.16. The summed E-state index contributed by atoms with van der Waals surface area (Å²) in [5.74, 6) is 2.18. The monoisotopic (exact) mass is 221 g/mol. The standard InChI is InChI=1S/C9H16ClNOS/c1-3-5-13-6-4-11-9(12)8(2)7-10/h3,8H,1,4-7H2,2H3,(H,11,12). The first-order chi connectivity index (χ1) is 6.22. The second kappa shape index (κ2) is 8.45. The van der Waals surface area contributed by atoms with Gasteiger partial charge in [-0.3, -0.25) is 4.79 Å². The van der Waals surface area contributed by atoms with Gasteiger partial charge in [0, 0.05) is 29.8 Å². The summed E-state index contributed by atoms with van der Waals surface area (Å²) in [4.78, 5) is 11.2. The van der Waals surface area contributed by atoms with Gasteiger partial charge in [-0.05, 0) is 0 Å². The van der Waals surface area contributed by atoms with E-state index in [0.717, 1.165) is 11.5 Å². The summed E-state index contributed by atoms with van der Waals surface area (Å²) in [6.45, 7) is 6.13. The fourth-order valence-electron chi connectivity index (χ4n) is 0.657. The van der Waals surface area contributed by atoms with Crippen molar-refractivity contribution in [2.24, 2.45) is 5.92 Å². The lowest BCUT2D eigenvalue weighted by molar-refractivity contribution is -0.123. The molecular weight excluding hydrogens is 206 g/mol. The molecule has 4 heteroatoms. The summed E-state index contributed by atoms with van der Waals surface area (Å²) >= 11 is 7.28. The number of halogens is 1. The molecule has 0 aromatic rings. The minimum Gasteiger partial charge on any atom is -0.355 e. The molecule has 0 fully saturated rings. The van der Waals surface area contributed by atoms with Gasteiger partial charge in [0.2, 0.25) is 5.91 Å². The van der Waals surface area contributed by atoms with E-state index in [9.17, 15) is 4.79 Å². The summed E-state index contributed by atoms with van der Waals surface area (Å²) in [5.41, 5.74) is 0. The van der Waals surface area contributed by atoms with Gasteiger partial charge in [0.1, 0.15) is 0 Å². The van der Waals surface area contributed by atoms with Crippen molar-refractivity contribution in [1.82, 2.24) is 5.32 Å². The number of hydrogen-bond acceptors (Lipinski definition) is 2. The molecular formula is C9H16ClNOS. The first-order valence-corrected chi connectivity index (χ1v) is 5.93. The summed E-state index contributed by atoms with van der Waals surface area (Å²) < 4.78 is 0. The van der Waals surface area contributed by atoms with Gasteiger partial charge in [0.25, 0.3) is 0 Å². The van der Waals surface area contributed by atoms with Crippen LogP contribution in [0, 0.1) is 5.92 Å². The van der Waals surface area contributed by atoms with Crippen molar-refractivity contribution >= 4 is 29.3 Å². The maximum Gasteiger partial charge on any atom is 0.224 e. The Morgan fingerprint density at radius 3 is 3.00 bits per heavy atom. The predicted molar refractivity (Wildman–Crippen MR) is 60.4 cm³/mol. The average molecular weight is 222 g/mol. The van der Waals surface area contributed by atoms with Crippen molar-refractivity contribution < 1.29 is 4.79 Å². The third-order valence-electron chi connectivity index (χ3n) is 1.46. The maximum atomic E-state index is 11.2. The highest BCUT2D eigenvalue weighted by atomic mass is 35.5. The zero-order valence-corrected chi connectivity index (χ0v) is 9.46. The molecule has 0 saturated heterocycles. The SMILES string of the molecule is C=CCSCCNC(=O)C(C)CCl. The maximum absolute atomic E-state index is 11.2. The Labute approximate surface area is 89.1 Å². The quantitative estimate of drug-likeness (QED) is 0.404.